The Labute approximate surface area is 117 Å². The Morgan fingerprint density at radius 3 is 2.74 bits per heavy atom. The minimum absolute atomic E-state index is 0.592. The highest BCUT2D eigenvalue weighted by Gasteiger charge is 2.18. The SMILES string of the molecule is COc1ccc2ncc(Cl)c(N3CCCCC3)c2n1. The third kappa shape index (κ3) is 2.32. The first-order chi connectivity index (χ1) is 9.29. The summed E-state index contributed by atoms with van der Waals surface area (Å²) in [7, 11) is 1.62. The van der Waals surface area contributed by atoms with Crippen LogP contribution in [0.25, 0.3) is 11.0 Å². The average Bonchev–Trinajstić information content (AvgIpc) is 2.47. The van der Waals surface area contributed by atoms with Crippen molar-refractivity contribution in [2.24, 2.45) is 0 Å². The van der Waals surface area contributed by atoms with E-state index in [4.69, 9.17) is 16.3 Å². The van der Waals surface area contributed by atoms with Crippen LogP contribution in [0, 0.1) is 0 Å². The molecule has 0 saturated carbocycles. The zero-order valence-electron chi connectivity index (χ0n) is 10.9. The molecule has 3 heterocycles. The average molecular weight is 278 g/mol. The van der Waals surface area contributed by atoms with Gasteiger partial charge in [0.15, 0.2) is 0 Å². The maximum absolute atomic E-state index is 6.35. The highest BCUT2D eigenvalue weighted by atomic mass is 35.5. The van der Waals surface area contributed by atoms with Gasteiger partial charge in [-0.2, -0.15) is 0 Å². The molecule has 19 heavy (non-hydrogen) atoms. The van der Waals surface area contributed by atoms with E-state index in [1.807, 2.05) is 12.1 Å². The Morgan fingerprint density at radius 2 is 2.00 bits per heavy atom. The zero-order chi connectivity index (χ0) is 13.2. The molecule has 0 bridgehead atoms. The predicted octanol–water partition coefficient (Wildman–Crippen LogP) is 3.28. The minimum Gasteiger partial charge on any atom is -0.481 e. The summed E-state index contributed by atoms with van der Waals surface area (Å²) in [6.07, 6.45) is 5.39. The monoisotopic (exact) mass is 277 g/mol. The van der Waals surface area contributed by atoms with E-state index in [0.717, 1.165) is 29.8 Å². The van der Waals surface area contributed by atoms with Gasteiger partial charge in [-0.25, -0.2) is 4.98 Å². The zero-order valence-corrected chi connectivity index (χ0v) is 11.7. The number of nitrogens with zero attached hydrogens (tertiary/aromatic N) is 3. The van der Waals surface area contributed by atoms with Crippen molar-refractivity contribution < 1.29 is 4.74 Å². The summed E-state index contributed by atoms with van der Waals surface area (Å²) in [6.45, 7) is 2.05. The smallest absolute Gasteiger partial charge is 0.213 e. The molecule has 3 rings (SSSR count). The summed E-state index contributed by atoms with van der Waals surface area (Å²) >= 11 is 6.35. The summed E-state index contributed by atoms with van der Waals surface area (Å²) < 4.78 is 5.20. The van der Waals surface area contributed by atoms with Gasteiger partial charge in [-0.3, -0.25) is 4.98 Å². The molecule has 0 atom stereocenters. The molecule has 100 valence electrons. The number of methoxy groups -OCH3 is 1. The van der Waals surface area contributed by atoms with E-state index >= 15 is 0 Å². The predicted molar refractivity (Wildman–Crippen MR) is 77.2 cm³/mol. The van der Waals surface area contributed by atoms with Crippen molar-refractivity contribution in [2.45, 2.75) is 19.3 Å². The molecule has 2 aromatic heterocycles. The summed E-state index contributed by atoms with van der Waals surface area (Å²) in [5.41, 5.74) is 2.67. The number of aromatic nitrogens is 2. The van der Waals surface area contributed by atoms with Crippen LogP contribution in [-0.2, 0) is 0 Å². The van der Waals surface area contributed by atoms with E-state index < -0.39 is 0 Å². The first-order valence-electron chi connectivity index (χ1n) is 6.54. The topological polar surface area (TPSA) is 38.2 Å². The molecule has 0 N–H and O–H groups in total. The fourth-order valence-corrected chi connectivity index (χ4v) is 2.80. The van der Waals surface area contributed by atoms with Gasteiger partial charge in [0.2, 0.25) is 5.88 Å². The third-order valence-electron chi connectivity index (χ3n) is 3.50. The van der Waals surface area contributed by atoms with Gasteiger partial charge in [0.05, 0.1) is 23.3 Å². The molecule has 4 nitrogen and oxygen atoms in total. The quantitative estimate of drug-likeness (QED) is 0.844. The van der Waals surface area contributed by atoms with Crippen LogP contribution < -0.4 is 9.64 Å². The Morgan fingerprint density at radius 1 is 1.21 bits per heavy atom. The molecular formula is C14H16ClN3O. The van der Waals surface area contributed by atoms with Crippen LogP contribution in [0.2, 0.25) is 5.02 Å². The lowest BCUT2D eigenvalue weighted by Gasteiger charge is -2.30. The number of hydrogen-bond acceptors (Lipinski definition) is 4. The fourth-order valence-electron chi connectivity index (χ4n) is 2.54. The Balaban J connectivity index is 2.16. The lowest BCUT2D eigenvalue weighted by atomic mass is 10.1. The molecule has 5 heteroatoms. The summed E-state index contributed by atoms with van der Waals surface area (Å²) in [4.78, 5) is 11.2. The second-order valence-corrected chi connectivity index (χ2v) is 5.13. The van der Waals surface area contributed by atoms with Crippen molar-refractivity contribution in [2.75, 3.05) is 25.1 Å². The van der Waals surface area contributed by atoms with Gasteiger partial charge in [0.25, 0.3) is 0 Å². The van der Waals surface area contributed by atoms with E-state index in [1.165, 1.54) is 19.3 Å². The molecule has 1 aliphatic heterocycles. The largest absolute Gasteiger partial charge is 0.481 e. The molecule has 0 spiro atoms. The summed E-state index contributed by atoms with van der Waals surface area (Å²) in [5, 5.41) is 0.662. The number of fused-ring (bicyclic) bond motifs is 1. The Hall–Kier alpha value is -1.55. The fraction of sp³-hybridized carbons (Fsp3) is 0.429. The molecule has 1 fully saturated rings. The second-order valence-electron chi connectivity index (χ2n) is 4.72. The number of ether oxygens (including phenoxy) is 1. The Bertz CT molecular complexity index is 597. The van der Waals surface area contributed by atoms with Crippen molar-refractivity contribution in [1.82, 2.24) is 9.97 Å². The van der Waals surface area contributed by atoms with Crippen molar-refractivity contribution in [3.63, 3.8) is 0 Å². The van der Waals surface area contributed by atoms with E-state index in [2.05, 4.69) is 14.9 Å². The number of halogens is 1. The normalized spacial score (nSPS) is 15.8. The molecule has 2 aromatic rings. The van der Waals surface area contributed by atoms with Gasteiger partial charge in [0.1, 0.15) is 5.52 Å². The second kappa shape index (κ2) is 5.21. The number of hydrogen-bond donors (Lipinski definition) is 0. The molecular weight excluding hydrogens is 262 g/mol. The van der Waals surface area contributed by atoms with Crippen LogP contribution in [0.15, 0.2) is 18.3 Å². The Kier molecular flexibility index (Phi) is 3.42. The van der Waals surface area contributed by atoms with Crippen molar-refractivity contribution in [3.05, 3.63) is 23.4 Å². The first kappa shape index (κ1) is 12.5. The van der Waals surface area contributed by atoms with Crippen LogP contribution in [0.1, 0.15) is 19.3 Å². The van der Waals surface area contributed by atoms with E-state index in [1.54, 1.807) is 13.3 Å². The van der Waals surface area contributed by atoms with E-state index in [9.17, 15) is 0 Å². The van der Waals surface area contributed by atoms with Gasteiger partial charge in [-0.05, 0) is 25.3 Å². The molecule has 0 aliphatic carbocycles. The third-order valence-corrected chi connectivity index (χ3v) is 3.77. The highest BCUT2D eigenvalue weighted by molar-refractivity contribution is 6.34. The van der Waals surface area contributed by atoms with Crippen LogP contribution in [-0.4, -0.2) is 30.2 Å². The molecule has 0 radical (unpaired) electrons. The highest BCUT2D eigenvalue weighted by Crippen LogP contribution is 2.34. The molecule has 0 unspecified atom stereocenters. The summed E-state index contributed by atoms with van der Waals surface area (Å²) in [6, 6.07) is 3.74. The standard InChI is InChI=1S/C14H16ClN3O/c1-19-12-6-5-11-13(17-12)14(10(15)9-16-11)18-7-3-2-4-8-18/h5-6,9H,2-4,7-8H2,1H3. The molecule has 0 aromatic carbocycles. The van der Waals surface area contributed by atoms with Gasteiger partial charge in [0, 0.05) is 25.4 Å². The van der Waals surface area contributed by atoms with E-state index in [-0.39, 0.29) is 0 Å². The maximum atomic E-state index is 6.35. The molecule has 0 amide bonds. The summed E-state index contributed by atoms with van der Waals surface area (Å²) in [5.74, 6) is 0.592. The van der Waals surface area contributed by atoms with Gasteiger partial charge in [-0.1, -0.05) is 11.6 Å². The van der Waals surface area contributed by atoms with Gasteiger partial charge >= 0.3 is 0 Å². The van der Waals surface area contributed by atoms with Crippen LogP contribution in [0.5, 0.6) is 5.88 Å². The van der Waals surface area contributed by atoms with Gasteiger partial charge in [-0.15, -0.1) is 0 Å². The first-order valence-corrected chi connectivity index (χ1v) is 6.91. The van der Waals surface area contributed by atoms with Crippen molar-refractivity contribution in [3.8, 4) is 5.88 Å². The van der Waals surface area contributed by atoms with Crippen LogP contribution in [0.3, 0.4) is 0 Å². The number of anilines is 1. The van der Waals surface area contributed by atoms with Crippen molar-refractivity contribution >= 4 is 28.3 Å². The minimum atomic E-state index is 0.592. The lowest BCUT2D eigenvalue weighted by molar-refractivity contribution is 0.399. The lowest BCUT2D eigenvalue weighted by Crippen LogP contribution is -2.30. The molecule has 1 saturated heterocycles. The number of rotatable bonds is 2. The number of pyridine rings is 2. The van der Waals surface area contributed by atoms with E-state index in [0.29, 0.717) is 10.9 Å². The maximum Gasteiger partial charge on any atom is 0.213 e. The van der Waals surface area contributed by atoms with Gasteiger partial charge < -0.3 is 9.64 Å². The number of piperidine rings is 1. The van der Waals surface area contributed by atoms with Crippen LogP contribution in [0.4, 0.5) is 5.69 Å². The van der Waals surface area contributed by atoms with Crippen molar-refractivity contribution in [1.29, 1.82) is 0 Å². The molecule has 1 aliphatic rings. The van der Waals surface area contributed by atoms with Crippen LogP contribution >= 0.6 is 11.6 Å².